The molecule has 180 valence electrons. The Morgan fingerprint density at radius 3 is 2.26 bits per heavy atom. The minimum atomic E-state index is -1.19. The lowest BCUT2D eigenvalue weighted by Gasteiger charge is -2.46. The third kappa shape index (κ3) is 5.62. The fraction of sp³-hybridized carbons (Fsp3) is 0.517. The Bertz CT molecular complexity index is 983. The van der Waals surface area contributed by atoms with E-state index in [9.17, 15) is 15.2 Å². The number of hydrogen-bond acceptors (Lipinski definition) is 4. The Hall–Kier alpha value is -2.84. The van der Waals surface area contributed by atoms with E-state index in [2.05, 4.69) is 11.4 Å². The van der Waals surface area contributed by atoms with Crippen LogP contribution >= 0.6 is 0 Å². The summed E-state index contributed by atoms with van der Waals surface area (Å²) in [4.78, 5) is 13.2. The molecule has 2 bridgehead atoms. The van der Waals surface area contributed by atoms with Gasteiger partial charge >= 0.3 is 0 Å². The first-order valence-corrected chi connectivity index (χ1v) is 12.5. The monoisotopic (exact) mass is 460 g/mol. The highest BCUT2D eigenvalue weighted by Crippen LogP contribution is 2.50. The number of benzene rings is 2. The van der Waals surface area contributed by atoms with Crippen molar-refractivity contribution in [2.24, 2.45) is 11.3 Å². The lowest BCUT2D eigenvalue weighted by molar-refractivity contribution is -0.125. The summed E-state index contributed by atoms with van der Waals surface area (Å²) in [6.07, 6.45) is 7.90. The van der Waals surface area contributed by atoms with Crippen molar-refractivity contribution < 1.29 is 14.6 Å². The van der Waals surface area contributed by atoms with Crippen LogP contribution in [0.15, 0.2) is 54.6 Å². The first-order valence-electron chi connectivity index (χ1n) is 12.5. The Labute approximate surface area is 203 Å². The van der Waals surface area contributed by atoms with E-state index < -0.39 is 17.6 Å². The van der Waals surface area contributed by atoms with Gasteiger partial charge < -0.3 is 15.2 Å². The van der Waals surface area contributed by atoms with Crippen LogP contribution < -0.4 is 10.1 Å². The average Bonchev–Trinajstić information content (AvgIpc) is 2.86. The van der Waals surface area contributed by atoms with Gasteiger partial charge in [0.2, 0.25) is 5.91 Å². The number of amides is 1. The molecule has 0 aliphatic heterocycles. The zero-order valence-corrected chi connectivity index (χ0v) is 20.3. The number of nitriles is 1. The van der Waals surface area contributed by atoms with Crippen LogP contribution in [0.2, 0.25) is 0 Å². The van der Waals surface area contributed by atoms with Crippen LogP contribution in [-0.4, -0.2) is 23.2 Å². The van der Waals surface area contributed by atoms with Crippen LogP contribution in [0.1, 0.15) is 81.9 Å². The van der Waals surface area contributed by atoms with E-state index in [0.29, 0.717) is 5.41 Å². The molecule has 1 amide bonds. The van der Waals surface area contributed by atoms with Crippen molar-refractivity contribution in [2.75, 3.05) is 6.61 Å². The fourth-order valence-corrected chi connectivity index (χ4v) is 5.60. The van der Waals surface area contributed by atoms with Crippen molar-refractivity contribution in [3.8, 4) is 11.8 Å². The maximum Gasteiger partial charge on any atom is 0.229 e. The number of carbonyl (C=O) groups excluding carboxylic acids is 1. The largest absolute Gasteiger partial charge is 0.493 e. The van der Waals surface area contributed by atoms with E-state index in [-0.39, 0.29) is 12.3 Å². The molecular formula is C29H36N2O3. The maximum absolute atomic E-state index is 13.2. The molecule has 3 aliphatic rings. The number of rotatable bonds is 9. The van der Waals surface area contributed by atoms with Gasteiger partial charge in [-0.1, -0.05) is 42.5 Å². The Morgan fingerprint density at radius 1 is 1.09 bits per heavy atom. The number of nitrogens with one attached hydrogen (secondary N) is 1. The standard InChI is InChI=1S/C29H36N2O3/c1-28(2,33)26(31-27(32)25(15-19-30)22-6-4-3-5-7-22)23-8-10-24(11-9-23)34-20-29-16-12-21(13-17-29)14-18-29/h3-11,21,25-26,33H,12-18,20H2,1-2H3,(H,31,32)/t21?,25-,26+,29?/m0/s1. The topological polar surface area (TPSA) is 82.4 Å². The molecule has 5 nitrogen and oxygen atoms in total. The predicted octanol–water partition coefficient (Wildman–Crippen LogP) is 5.66. The van der Waals surface area contributed by atoms with E-state index in [1.807, 2.05) is 54.6 Å². The van der Waals surface area contributed by atoms with Crippen molar-refractivity contribution >= 4 is 5.91 Å². The second kappa shape index (κ2) is 10.2. The van der Waals surface area contributed by atoms with Crippen molar-refractivity contribution in [3.63, 3.8) is 0 Å². The van der Waals surface area contributed by atoms with Gasteiger partial charge in [-0.05, 0) is 81.5 Å². The average molecular weight is 461 g/mol. The summed E-state index contributed by atoms with van der Waals surface area (Å²) < 4.78 is 6.21. The first kappa shape index (κ1) is 24.3. The van der Waals surface area contributed by atoms with Gasteiger partial charge in [-0.2, -0.15) is 5.26 Å². The SMILES string of the molecule is CC(C)(O)[C@H](NC(=O)[C@@H](CC#N)c1ccccc1)c1ccc(OCC23CCC(CC2)CC3)cc1. The van der Waals surface area contributed by atoms with E-state index in [4.69, 9.17) is 4.74 Å². The van der Waals surface area contributed by atoms with Gasteiger partial charge in [0.05, 0.1) is 36.7 Å². The predicted molar refractivity (Wildman–Crippen MR) is 132 cm³/mol. The molecule has 2 atom stereocenters. The molecule has 2 N–H and O–H groups in total. The van der Waals surface area contributed by atoms with E-state index in [1.54, 1.807) is 13.8 Å². The molecule has 0 aromatic heterocycles. The quantitative estimate of drug-likeness (QED) is 0.506. The smallest absolute Gasteiger partial charge is 0.229 e. The summed E-state index contributed by atoms with van der Waals surface area (Å²) in [5.41, 5.74) is 0.736. The molecule has 34 heavy (non-hydrogen) atoms. The lowest BCUT2D eigenvalue weighted by atomic mass is 9.61. The molecule has 0 spiro atoms. The third-order valence-corrected chi connectivity index (χ3v) is 7.81. The summed E-state index contributed by atoms with van der Waals surface area (Å²) in [5, 5.41) is 23.1. The molecule has 0 heterocycles. The van der Waals surface area contributed by atoms with Gasteiger partial charge in [0.1, 0.15) is 5.75 Å². The number of aliphatic hydroxyl groups is 1. The zero-order valence-electron chi connectivity index (χ0n) is 20.3. The molecule has 3 aliphatic carbocycles. The summed E-state index contributed by atoms with van der Waals surface area (Å²) in [7, 11) is 0. The van der Waals surface area contributed by atoms with Gasteiger partial charge in [-0.15, -0.1) is 0 Å². The van der Waals surface area contributed by atoms with Crippen molar-refractivity contribution in [1.29, 1.82) is 5.26 Å². The molecule has 5 rings (SSSR count). The fourth-order valence-electron chi connectivity index (χ4n) is 5.60. The summed E-state index contributed by atoms with van der Waals surface area (Å²) >= 11 is 0. The highest BCUT2D eigenvalue weighted by Gasteiger charge is 2.41. The lowest BCUT2D eigenvalue weighted by Crippen LogP contribution is -2.43. The van der Waals surface area contributed by atoms with Crippen molar-refractivity contribution in [2.45, 2.75) is 76.4 Å². The van der Waals surface area contributed by atoms with Gasteiger partial charge in [-0.3, -0.25) is 4.79 Å². The number of carbonyl (C=O) groups is 1. The zero-order chi connectivity index (χ0) is 24.2. The third-order valence-electron chi connectivity index (χ3n) is 7.81. The molecule has 0 unspecified atom stereocenters. The molecular weight excluding hydrogens is 424 g/mol. The van der Waals surface area contributed by atoms with Gasteiger partial charge in [-0.25, -0.2) is 0 Å². The van der Waals surface area contributed by atoms with Crippen LogP contribution in [-0.2, 0) is 4.79 Å². The van der Waals surface area contributed by atoms with Crippen LogP contribution in [0.25, 0.3) is 0 Å². The Morgan fingerprint density at radius 2 is 1.71 bits per heavy atom. The highest BCUT2D eigenvalue weighted by molar-refractivity contribution is 5.84. The highest BCUT2D eigenvalue weighted by atomic mass is 16.5. The molecule has 3 saturated carbocycles. The number of fused-ring (bicyclic) bond motifs is 3. The Balaban J connectivity index is 1.45. The normalized spacial score (nSPS) is 23.5. The van der Waals surface area contributed by atoms with Gasteiger partial charge in [0, 0.05) is 5.41 Å². The number of ether oxygens (including phenoxy) is 1. The van der Waals surface area contributed by atoms with E-state index in [1.165, 1.54) is 38.5 Å². The molecule has 5 heteroatoms. The molecule has 2 aromatic carbocycles. The number of nitrogens with zero attached hydrogens (tertiary/aromatic N) is 1. The second-order valence-corrected chi connectivity index (χ2v) is 10.8. The second-order valence-electron chi connectivity index (χ2n) is 10.8. The minimum absolute atomic E-state index is 0.0731. The van der Waals surface area contributed by atoms with Gasteiger partial charge in [0.15, 0.2) is 0 Å². The number of hydrogen-bond donors (Lipinski definition) is 2. The summed E-state index contributed by atoms with van der Waals surface area (Å²) in [5.74, 6) is 0.888. The Kier molecular flexibility index (Phi) is 7.28. The van der Waals surface area contributed by atoms with Gasteiger partial charge in [0.25, 0.3) is 0 Å². The first-order chi connectivity index (χ1) is 16.3. The van der Waals surface area contributed by atoms with Crippen LogP contribution in [0.4, 0.5) is 0 Å². The van der Waals surface area contributed by atoms with Crippen LogP contribution in [0, 0.1) is 22.7 Å². The van der Waals surface area contributed by atoms with Crippen LogP contribution in [0.3, 0.4) is 0 Å². The van der Waals surface area contributed by atoms with Crippen LogP contribution in [0.5, 0.6) is 5.75 Å². The maximum atomic E-state index is 13.2. The molecule has 2 aromatic rings. The molecule has 0 saturated heterocycles. The minimum Gasteiger partial charge on any atom is -0.493 e. The molecule has 0 radical (unpaired) electrons. The van der Waals surface area contributed by atoms with Crippen molar-refractivity contribution in [1.82, 2.24) is 5.32 Å². The summed E-state index contributed by atoms with van der Waals surface area (Å²) in [6, 6.07) is 18.5. The van der Waals surface area contributed by atoms with Crippen molar-refractivity contribution in [3.05, 3.63) is 65.7 Å². The van der Waals surface area contributed by atoms with E-state index >= 15 is 0 Å². The summed E-state index contributed by atoms with van der Waals surface area (Å²) in [6.45, 7) is 4.13. The van der Waals surface area contributed by atoms with E-state index in [0.717, 1.165) is 29.4 Å². The molecule has 3 fully saturated rings.